The van der Waals surface area contributed by atoms with Crippen molar-refractivity contribution in [3.63, 3.8) is 0 Å². The zero-order chi connectivity index (χ0) is 27.7. The Kier molecular flexibility index (Phi) is 7.72. The van der Waals surface area contributed by atoms with E-state index < -0.39 is 23.3 Å². The first-order chi connectivity index (χ1) is 17.9. The summed E-state index contributed by atoms with van der Waals surface area (Å²) in [6.45, 7) is 6.04. The van der Waals surface area contributed by atoms with Crippen LogP contribution in [0, 0.1) is 17.2 Å². The maximum Gasteiger partial charge on any atom is 0.255 e. The van der Waals surface area contributed by atoms with Gasteiger partial charge in [0.1, 0.15) is 12.2 Å². The second-order valence-corrected chi connectivity index (χ2v) is 11.2. The zero-order valence-electron chi connectivity index (χ0n) is 22.2. The molecule has 4 N–H and O–H groups in total. The number of halogens is 1. The molecule has 1 saturated carbocycles. The minimum Gasteiger partial charge on any atom is -0.390 e. The highest BCUT2D eigenvalue weighted by atomic mass is 19.1. The molecule has 3 heterocycles. The van der Waals surface area contributed by atoms with Gasteiger partial charge in [0.05, 0.1) is 57.7 Å². The van der Waals surface area contributed by atoms with Crippen LogP contribution in [0.3, 0.4) is 0 Å². The molecule has 1 amide bonds. The normalized spacial score (nSPS) is 19.1. The van der Waals surface area contributed by atoms with Gasteiger partial charge >= 0.3 is 0 Å². The Bertz CT molecular complexity index is 1340. The average molecular weight is 523 g/mol. The largest absolute Gasteiger partial charge is 0.390 e. The van der Waals surface area contributed by atoms with E-state index >= 15 is 0 Å². The molecule has 1 fully saturated rings. The van der Waals surface area contributed by atoms with Gasteiger partial charge in [0, 0.05) is 12.2 Å². The number of hydrogen-bond acceptors (Lipinski definition) is 7. The van der Waals surface area contributed by atoms with E-state index in [0.29, 0.717) is 22.6 Å². The third-order valence-electron chi connectivity index (χ3n) is 7.33. The summed E-state index contributed by atoms with van der Waals surface area (Å²) >= 11 is 0. The molecule has 1 aliphatic rings. The molecular weight excluding hydrogens is 487 g/mol. The molecule has 3 aromatic heterocycles. The molecule has 3 aromatic rings. The summed E-state index contributed by atoms with van der Waals surface area (Å²) in [7, 11) is 0. The number of nitrogens with one attached hydrogen (secondary N) is 2. The van der Waals surface area contributed by atoms with E-state index in [4.69, 9.17) is 5.26 Å². The van der Waals surface area contributed by atoms with Crippen LogP contribution in [0.5, 0.6) is 0 Å². The summed E-state index contributed by atoms with van der Waals surface area (Å²) in [5.74, 6) is -0.295. The number of fused-ring (bicyclic) bond motifs is 1. The Labute approximate surface area is 221 Å². The van der Waals surface area contributed by atoms with Gasteiger partial charge in [-0.05, 0) is 83.6 Å². The molecule has 10 heteroatoms. The van der Waals surface area contributed by atoms with E-state index in [-0.39, 0.29) is 24.1 Å². The van der Waals surface area contributed by atoms with Crippen LogP contribution >= 0.6 is 0 Å². The van der Waals surface area contributed by atoms with Gasteiger partial charge in [-0.15, -0.1) is 0 Å². The molecule has 0 unspecified atom stereocenters. The molecule has 0 aromatic carbocycles. The van der Waals surface area contributed by atoms with Gasteiger partial charge in [0.25, 0.3) is 5.91 Å². The lowest BCUT2D eigenvalue weighted by atomic mass is 9.77. The average Bonchev–Trinajstić information content (AvgIpc) is 3.29. The number of alkyl halides is 1. The number of anilines is 1. The maximum absolute atomic E-state index is 14.3. The Hall–Kier alpha value is -3.55. The van der Waals surface area contributed by atoms with E-state index in [1.54, 1.807) is 16.6 Å². The van der Waals surface area contributed by atoms with Crippen LogP contribution < -0.4 is 10.6 Å². The molecule has 0 radical (unpaired) electrons. The first-order valence-corrected chi connectivity index (χ1v) is 12.9. The molecule has 0 spiro atoms. The topological polar surface area (TPSA) is 136 Å². The van der Waals surface area contributed by atoms with Crippen LogP contribution in [0.15, 0.2) is 36.7 Å². The molecular formula is C28H35FN6O3. The summed E-state index contributed by atoms with van der Waals surface area (Å²) in [6.07, 6.45) is 4.65. The third kappa shape index (κ3) is 6.11. The number of hydrogen-bond donors (Lipinski definition) is 4. The second kappa shape index (κ2) is 10.7. The van der Waals surface area contributed by atoms with Crippen molar-refractivity contribution in [3.8, 4) is 17.5 Å². The standard InChI is InChI=1S/C28H35FN6O3/c1-27(2,37)18-5-7-19(8-6-18)34-22-12-23(24-10-9-20-11-17(13-30)14-33-35(20)24)31-15-21(22)26(36)32-16-25(29)28(3,4)38/h9-12,14-15,18-19,25,37-38H,5-8,16H2,1-4H3,(H,31,34)(H,32,36)/t18?,19?,25-/m1/s1. The summed E-state index contributed by atoms with van der Waals surface area (Å²) in [5, 5.41) is 39.9. The smallest absolute Gasteiger partial charge is 0.255 e. The van der Waals surface area contributed by atoms with Crippen LogP contribution in [0.4, 0.5) is 10.1 Å². The van der Waals surface area contributed by atoms with Crippen LogP contribution in [0.25, 0.3) is 16.9 Å². The van der Waals surface area contributed by atoms with Crippen molar-refractivity contribution in [2.75, 3.05) is 11.9 Å². The van der Waals surface area contributed by atoms with Crippen molar-refractivity contribution in [2.45, 2.75) is 76.8 Å². The van der Waals surface area contributed by atoms with Crippen LogP contribution in [-0.4, -0.2) is 60.7 Å². The highest BCUT2D eigenvalue weighted by molar-refractivity contribution is 6.00. The van der Waals surface area contributed by atoms with Gasteiger partial charge in [0.2, 0.25) is 0 Å². The molecule has 0 aliphatic heterocycles. The van der Waals surface area contributed by atoms with Crippen molar-refractivity contribution in [1.82, 2.24) is 19.9 Å². The minimum atomic E-state index is -1.64. The number of aliphatic hydroxyl groups is 2. The number of nitrogens with zero attached hydrogens (tertiary/aromatic N) is 4. The summed E-state index contributed by atoms with van der Waals surface area (Å²) in [5.41, 5.74) is 0.957. The van der Waals surface area contributed by atoms with E-state index in [1.807, 2.05) is 26.0 Å². The molecule has 0 saturated heterocycles. The Morgan fingerprint density at radius 2 is 1.89 bits per heavy atom. The maximum atomic E-state index is 14.3. The second-order valence-electron chi connectivity index (χ2n) is 11.2. The molecule has 1 atom stereocenters. The molecule has 202 valence electrons. The fourth-order valence-electron chi connectivity index (χ4n) is 4.84. The monoisotopic (exact) mass is 522 g/mol. The van der Waals surface area contributed by atoms with Crippen LogP contribution in [0.1, 0.15) is 69.3 Å². The summed E-state index contributed by atoms with van der Waals surface area (Å²) < 4.78 is 16.0. The quantitative estimate of drug-likeness (QED) is 0.353. The van der Waals surface area contributed by atoms with Gasteiger partial charge in [-0.1, -0.05) is 0 Å². The molecule has 9 nitrogen and oxygen atoms in total. The van der Waals surface area contributed by atoms with Gasteiger partial charge in [-0.2, -0.15) is 10.4 Å². The predicted octanol–water partition coefficient (Wildman–Crippen LogP) is 3.85. The first kappa shape index (κ1) is 27.5. The fourth-order valence-corrected chi connectivity index (χ4v) is 4.84. The highest BCUT2D eigenvalue weighted by Crippen LogP contribution is 2.34. The summed E-state index contributed by atoms with van der Waals surface area (Å²) in [4.78, 5) is 17.6. The van der Waals surface area contributed by atoms with E-state index in [9.17, 15) is 19.4 Å². The van der Waals surface area contributed by atoms with Crippen molar-refractivity contribution >= 4 is 17.1 Å². The number of nitriles is 1. The predicted molar refractivity (Wildman–Crippen MR) is 142 cm³/mol. The van der Waals surface area contributed by atoms with Crippen molar-refractivity contribution in [2.24, 2.45) is 5.92 Å². The van der Waals surface area contributed by atoms with Gasteiger partial charge in [0.15, 0.2) is 0 Å². The Balaban J connectivity index is 1.63. The number of carbonyl (C=O) groups is 1. The van der Waals surface area contributed by atoms with Gasteiger partial charge in [-0.25, -0.2) is 8.91 Å². The lowest BCUT2D eigenvalue weighted by Gasteiger charge is -2.36. The SMILES string of the molecule is CC(C)(O)C1CCC(Nc2cc(-c3ccc4cc(C#N)cnn34)ncc2C(=O)NC[C@@H](F)C(C)(C)O)CC1. The fraction of sp³-hybridized carbons (Fsp3) is 0.500. The van der Waals surface area contributed by atoms with Crippen LogP contribution in [-0.2, 0) is 0 Å². The molecule has 0 bridgehead atoms. The lowest BCUT2D eigenvalue weighted by molar-refractivity contribution is -0.00183. The van der Waals surface area contributed by atoms with E-state index in [2.05, 4.69) is 26.8 Å². The molecule has 38 heavy (non-hydrogen) atoms. The zero-order valence-corrected chi connectivity index (χ0v) is 22.2. The number of aromatic nitrogens is 3. The Morgan fingerprint density at radius 1 is 1.18 bits per heavy atom. The van der Waals surface area contributed by atoms with Crippen molar-refractivity contribution in [1.29, 1.82) is 5.26 Å². The van der Waals surface area contributed by atoms with E-state index in [0.717, 1.165) is 31.2 Å². The van der Waals surface area contributed by atoms with Crippen molar-refractivity contribution < 1.29 is 19.4 Å². The van der Waals surface area contributed by atoms with Crippen LogP contribution in [0.2, 0.25) is 0 Å². The molecule has 1 aliphatic carbocycles. The number of pyridine rings is 1. The number of rotatable bonds is 8. The van der Waals surface area contributed by atoms with Crippen molar-refractivity contribution in [3.05, 3.63) is 47.8 Å². The van der Waals surface area contributed by atoms with E-state index in [1.165, 1.54) is 26.2 Å². The van der Waals surface area contributed by atoms with Gasteiger partial charge < -0.3 is 20.8 Å². The Morgan fingerprint density at radius 3 is 2.53 bits per heavy atom. The number of amides is 1. The third-order valence-corrected chi connectivity index (χ3v) is 7.33. The minimum absolute atomic E-state index is 0.0843. The van der Waals surface area contributed by atoms with Gasteiger partial charge in [-0.3, -0.25) is 9.78 Å². The summed E-state index contributed by atoms with van der Waals surface area (Å²) in [6, 6.07) is 9.36. The first-order valence-electron chi connectivity index (χ1n) is 12.9. The molecule has 4 rings (SSSR count). The highest BCUT2D eigenvalue weighted by Gasteiger charge is 2.32. The lowest BCUT2D eigenvalue weighted by Crippen LogP contribution is -2.42. The number of carbonyl (C=O) groups excluding carboxylic acids is 1.